The number of benzene rings is 7. The molecule has 0 N–H and O–H groups in total. The normalized spacial score (nSPS) is 17.6. The van der Waals surface area contributed by atoms with Gasteiger partial charge >= 0.3 is 0 Å². The van der Waals surface area contributed by atoms with Crippen molar-refractivity contribution in [3.05, 3.63) is 206 Å². The molecule has 5 nitrogen and oxygen atoms in total. The molecule has 0 spiro atoms. The molecule has 7 aromatic carbocycles. The van der Waals surface area contributed by atoms with E-state index in [1.54, 1.807) is 0 Å². The van der Waals surface area contributed by atoms with Gasteiger partial charge in [-0.2, -0.15) is 0 Å². The van der Waals surface area contributed by atoms with Gasteiger partial charge in [-0.3, -0.25) is 4.57 Å². The number of allylic oxidation sites excluding steroid dienone is 8. The van der Waals surface area contributed by atoms with Crippen LogP contribution in [0.25, 0.3) is 99.2 Å². The van der Waals surface area contributed by atoms with Crippen molar-refractivity contribution in [1.82, 2.24) is 23.7 Å². The van der Waals surface area contributed by atoms with E-state index in [1.165, 1.54) is 49.0 Å². The first-order valence-corrected chi connectivity index (χ1v) is 20.7. The lowest BCUT2D eigenvalue weighted by Gasteiger charge is -2.34. The summed E-state index contributed by atoms with van der Waals surface area (Å²) in [6, 6.07) is 56.8. The summed E-state index contributed by atoms with van der Waals surface area (Å²) >= 11 is 0. The number of aromatic nitrogens is 5. The maximum atomic E-state index is 5.49. The lowest BCUT2D eigenvalue weighted by atomic mass is 9.70. The largest absolute Gasteiger partial charge is 0.309 e. The molecule has 13 rings (SSSR count). The van der Waals surface area contributed by atoms with Crippen LogP contribution in [0.1, 0.15) is 12.6 Å². The van der Waals surface area contributed by atoms with Gasteiger partial charge in [0.1, 0.15) is 5.69 Å². The lowest BCUT2D eigenvalue weighted by molar-refractivity contribution is 0.454. The number of hydrogen-bond donors (Lipinski definition) is 0. The fourth-order valence-electron chi connectivity index (χ4n) is 10.3. The van der Waals surface area contributed by atoms with Gasteiger partial charge in [0.2, 0.25) is 0 Å². The Labute approximate surface area is 345 Å². The van der Waals surface area contributed by atoms with Gasteiger partial charge < -0.3 is 9.13 Å². The Bertz CT molecular complexity index is 3740. The van der Waals surface area contributed by atoms with E-state index >= 15 is 0 Å². The molecular formula is C55H37N5. The molecule has 4 aromatic heterocycles. The molecule has 282 valence electrons. The quantitative estimate of drug-likeness (QED) is 0.179. The number of hydrogen-bond acceptors (Lipinski definition) is 2. The van der Waals surface area contributed by atoms with E-state index in [1.807, 2.05) is 12.1 Å². The van der Waals surface area contributed by atoms with Crippen LogP contribution in [0.4, 0.5) is 0 Å². The minimum Gasteiger partial charge on any atom is -0.309 e. The highest BCUT2D eigenvalue weighted by molar-refractivity contribution is 6.29. The molecule has 0 fully saturated rings. The standard InChI is InChI=1S/C55H37N5/c1-55-33-14-13-16-36(55)30-29-35(34-55)53-54(57-42-23-9-8-22-41(42)56-53)60-45-26-12-5-19-38(45)50-46(27-15-28-47(50)60)59-44-25-11-7-21-40(44)52-49(59)32-31-48-51(52)39-20-6-10-24-43(39)58(48)37-17-3-2-4-18-37/h2-34,36H,1H3. The van der Waals surface area contributed by atoms with E-state index in [4.69, 9.17) is 9.97 Å². The van der Waals surface area contributed by atoms with Crippen LogP contribution >= 0.6 is 0 Å². The molecule has 2 unspecified atom stereocenters. The second-order valence-electron chi connectivity index (χ2n) is 16.4. The van der Waals surface area contributed by atoms with Crippen molar-refractivity contribution in [2.45, 2.75) is 6.92 Å². The molecule has 5 heteroatoms. The third-order valence-electron chi connectivity index (χ3n) is 13.0. The highest BCUT2D eigenvalue weighted by Crippen LogP contribution is 2.46. The Morgan fingerprint density at radius 1 is 0.467 bits per heavy atom. The third-order valence-corrected chi connectivity index (χ3v) is 13.0. The first-order chi connectivity index (χ1) is 29.6. The fourth-order valence-corrected chi connectivity index (χ4v) is 10.3. The van der Waals surface area contributed by atoms with Crippen LogP contribution in [-0.4, -0.2) is 23.7 Å². The van der Waals surface area contributed by atoms with Gasteiger partial charge in [-0.05, 0) is 66.7 Å². The Kier molecular flexibility index (Phi) is 6.85. The van der Waals surface area contributed by atoms with Gasteiger partial charge in [0.05, 0.1) is 49.8 Å². The Morgan fingerprint density at radius 3 is 1.77 bits per heavy atom. The van der Waals surface area contributed by atoms with Crippen LogP contribution < -0.4 is 0 Å². The molecule has 2 atom stereocenters. The number of para-hydroxylation sites is 6. The van der Waals surface area contributed by atoms with Crippen LogP contribution in [0, 0.1) is 11.3 Å². The molecule has 60 heavy (non-hydrogen) atoms. The van der Waals surface area contributed by atoms with Crippen molar-refractivity contribution in [2.75, 3.05) is 0 Å². The van der Waals surface area contributed by atoms with E-state index < -0.39 is 0 Å². The van der Waals surface area contributed by atoms with Crippen LogP contribution in [-0.2, 0) is 0 Å². The Morgan fingerprint density at radius 2 is 1.03 bits per heavy atom. The van der Waals surface area contributed by atoms with Gasteiger partial charge in [-0.1, -0.05) is 140 Å². The van der Waals surface area contributed by atoms with Gasteiger partial charge in [-0.15, -0.1) is 0 Å². The maximum Gasteiger partial charge on any atom is 0.165 e. The summed E-state index contributed by atoms with van der Waals surface area (Å²) in [5.41, 5.74) is 12.7. The molecular weight excluding hydrogens is 731 g/mol. The molecule has 11 aromatic rings. The van der Waals surface area contributed by atoms with Crippen molar-refractivity contribution in [3.8, 4) is 17.2 Å². The highest BCUT2D eigenvalue weighted by atomic mass is 15.1. The summed E-state index contributed by atoms with van der Waals surface area (Å²) < 4.78 is 7.24. The monoisotopic (exact) mass is 767 g/mol. The van der Waals surface area contributed by atoms with Crippen LogP contribution in [0.3, 0.4) is 0 Å². The highest BCUT2D eigenvalue weighted by Gasteiger charge is 2.32. The summed E-state index contributed by atoms with van der Waals surface area (Å²) in [5.74, 6) is 1.12. The van der Waals surface area contributed by atoms with Crippen LogP contribution in [0.2, 0.25) is 0 Å². The molecule has 4 heterocycles. The van der Waals surface area contributed by atoms with Crippen molar-refractivity contribution in [2.24, 2.45) is 11.3 Å². The topological polar surface area (TPSA) is 40.6 Å². The summed E-state index contributed by atoms with van der Waals surface area (Å²) in [6.45, 7) is 2.31. The Balaban J connectivity index is 1.13. The predicted molar refractivity (Wildman–Crippen MR) is 250 cm³/mol. The first-order valence-electron chi connectivity index (χ1n) is 20.7. The van der Waals surface area contributed by atoms with Gasteiger partial charge in [-0.25, -0.2) is 9.97 Å². The average molecular weight is 768 g/mol. The van der Waals surface area contributed by atoms with Gasteiger partial charge in [0.15, 0.2) is 5.82 Å². The van der Waals surface area contributed by atoms with E-state index in [-0.39, 0.29) is 5.41 Å². The van der Waals surface area contributed by atoms with Crippen LogP contribution in [0.15, 0.2) is 200 Å². The van der Waals surface area contributed by atoms with Crippen molar-refractivity contribution >= 4 is 82.0 Å². The molecule has 0 amide bonds. The van der Waals surface area contributed by atoms with E-state index in [2.05, 4.69) is 209 Å². The Hall–Kier alpha value is -7.76. The predicted octanol–water partition coefficient (Wildman–Crippen LogP) is 13.6. The zero-order chi connectivity index (χ0) is 39.5. The number of nitrogens with zero attached hydrogens (tertiary/aromatic N) is 5. The van der Waals surface area contributed by atoms with E-state index in [9.17, 15) is 0 Å². The van der Waals surface area contributed by atoms with Gasteiger partial charge in [0, 0.05) is 54.9 Å². The summed E-state index contributed by atoms with van der Waals surface area (Å²) in [4.78, 5) is 10.9. The van der Waals surface area contributed by atoms with E-state index in [0.717, 1.165) is 55.9 Å². The first kappa shape index (κ1) is 33.2. The number of rotatable bonds is 4. The minimum atomic E-state index is -0.160. The van der Waals surface area contributed by atoms with Crippen molar-refractivity contribution < 1.29 is 0 Å². The SMILES string of the molecule is CC12C=CC=CC1C=CC(c1nc3ccccc3nc1-n1c3ccccc3c3c(-n4c5ccccc5c5c6c7ccccc7n(-c7ccccc7)c6ccc54)cccc31)=C2. The lowest BCUT2D eigenvalue weighted by Crippen LogP contribution is -2.24. The third kappa shape index (κ3) is 4.57. The number of fused-ring (bicyclic) bond motifs is 12. The van der Waals surface area contributed by atoms with Crippen molar-refractivity contribution in [3.63, 3.8) is 0 Å². The molecule has 2 aliphatic carbocycles. The van der Waals surface area contributed by atoms with Gasteiger partial charge in [0.25, 0.3) is 0 Å². The van der Waals surface area contributed by atoms with Crippen LogP contribution in [0.5, 0.6) is 0 Å². The second-order valence-corrected chi connectivity index (χ2v) is 16.4. The zero-order valence-electron chi connectivity index (χ0n) is 32.9. The minimum absolute atomic E-state index is 0.160. The molecule has 0 saturated heterocycles. The van der Waals surface area contributed by atoms with E-state index in [0.29, 0.717) is 5.92 Å². The summed E-state index contributed by atoms with van der Waals surface area (Å²) in [6.07, 6.45) is 15.8. The smallest absolute Gasteiger partial charge is 0.165 e. The average Bonchev–Trinajstić information content (AvgIpc) is 3.94. The zero-order valence-corrected chi connectivity index (χ0v) is 32.9. The second kappa shape index (κ2) is 12.4. The molecule has 0 radical (unpaired) electrons. The maximum absolute atomic E-state index is 5.49. The molecule has 0 aliphatic heterocycles. The molecule has 2 aliphatic rings. The van der Waals surface area contributed by atoms with Crippen molar-refractivity contribution in [1.29, 1.82) is 0 Å². The summed E-state index contributed by atoms with van der Waals surface area (Å²) in [7, 11) is 0. The summed E-state index contributed by atoms with van der Waals surface area (Å²) in [5, 5.41) is 7.33. The molecule has 0 saturated carbocycles. The molecule has 0 bridgehead atoms. The fraction of sp³-hybridized carbons (Fsp3) is 0.0545.